The predicted molar refractivity (Wildman–Crippen MR) is 54.9 cm³/mol. The van der Waals surface area contributed by atoms with Gasteiger partial charge >= 0.3 is 0 Å². The van der Waals surface area contributed by atoms with Crippen molar-refractivity contribution in [1.29, 1.82) is 0 Å². The summed E-state index contributed by atoms with van der Waals surface area (Å²) >= 11 is 3.43. The van der Waals surface area contributed by atoms with E-state index in [1.54, 1.807) is 0 Å². The maximum absolute atomic E-state index is 5.29. The second-order valence-corrected chi connectivity index (χ2v) is 5.07. The quantitative estimate of drug-likeness (QED) is 0.709. The lowest BCUT2D eigenvalue weighted by atomic mass is 9.76. The molecule has 1 aromatic heterocycles. The van der Waals surface area contributed by atoms with Gasteiger partial charge in [-0.2, -0.15) is 0 Å². The van der Waals surface area contributed by atoms with Crippen molar-refractivity contribution in [3.63, 3.8) is 0 Å². The van der Waals surface area contributed by atoms with Gasteiger partial charge in [0.1, 0.15) is 5.76 Å². The maximum atomic E-state index is 5.29. The van der Waals surface area contributed by atoms with E-state index in [0.29, 0.717) is 5.41 Å². The van der Waals surface area contributed by atoms with Crippen LogP contribution in [-0.2, 0) is 18.2 Å². The van der Waals surface area contributed by atoms with Crippen molar-refractivity contribution >= 4 is 15.9 Å². The number of halogens is 1. The Bertz CT molecular complexity index is 303. The third-order valence-electron chi connectivity index (χ3n) is 2.76. The number of hydrogen-bond donors (Lipinski definition) is 0. The number of aryl methyl sites for hydroxylation is 1. The Morgan fingerprint density at radius 3 is 3.00 bits per heavy atom. The van der Waals surface area contributed by atoms with Gasteiger partial charge in [-0.1, -0.05) is 34.9 Å². The topological polar surface area (TPSA) is 26.0 Å². The highest BCUT2D eigenvalue weighted by Crippen LogP contribution is 2.36. The molecule has 0 aliphatic heterocycles. The van der Waals surface area contributed by atoms with Gasteiger partial charge in [-0.05, 0) is 18.3 Å². The largest absolute Gasteiger partial charge is 0.361 e. The third kappa shape index (κ3) is 1.66. The summed E-state index contributed by atoms with van der Waals surface area (Å²) in [6.45, 7) is 4.61. The maximum Gasteiger partial charge on any atom is 0.140 e. The molecule has 0 saturated heterocycles. The first-order valence-electron chi connectivity index (χ1n) is 4.65. The molecule has 0 N–H and O–H groups in total. The van der Waals surface area contributed by atoms with Crippen LogP contribution in [-0.4, -0.2) is 5.16 Å². The Hall–Kier alpha value is -0.310. The van der Waals surface area contributed by atoms with Crippen molar-refractivity contribution in [2.75, 3.05) is 0 Å². The smallest absolute Gasteiger partial charge is 0.140 e. The van der Waals surface area contributed by atoms with E-state index >= 15 is 0 Å². The van der Waals surface area contributed by atoms with Crippen LogP contribution < -0.4 is 0 Å². The lowest BCUT2D eigenvalue weighted by molar-refractivity contribution is 0.282. The summed E-state index contributed by atoms with van der Waals surface area (Å²) in [6, 6.07) is 0. The van der Waals surface area contributed by atoms with Gasteiger partial charge in [-0.3, -0.25) is 0 Å². The van der Waals surface area contributed by atoms with Crippen molar-refractivity contribution in [1.82, 2.24) is 5.16 Å². The van der Waals surface area contributed by atoms with Crippen LogP contribution in [0.15, 0.2) is 4.52 Å². The van der Waals surface area contributed by atoms with Gasteiger partial charge in [0.15, 0.2) is 0 Å². The Morgan fingerprint density at radius 2 is 2.31 bits per heavy atom. The minimum atomic E-state index is 0.412. The molecular formula is C10H14BrNO. The SMILES string of the molecule is CC1(C)CCc2onc(CBr)c2C1. The van der Waals surface area contributed by atoms with E-state index in [2.05, 4.69) is 34.9 Å². The van der Waals surface area contributed by atoms with Gasteiger partial charge in [0, 0.05) is 17.3 Å². The molecule has 72 valence electrons. The Labute approximate surface area is 86.8 Å². The fourth-order valence-electron chi connectivity index (χ4n) is 1.90. The van der Waals surface area contributed by atoms with Crippen molar-refractivity contribution in [3.05, 3.63) is 17.0 Å². The van der Waals surface area contributed by atoms with E-state index in [9.17, 15) is 0 Å². The van der Waals surface area contributed by atoms with Crippen molar-refractivity contribution in [2.24, 2.45) is 5.41 Å². The van der Waals surface area contributed by atoms with Gasteiger partial charge in [0.05, 0.1) is 5.69 Å². The number of rotatable bonds is 1. The minimum Gasteiger partial charge on any atom is -0.361 e. The summed E-state index contributed by atoms with van der Waals surface area (Å²) in [5.41, 5.74) is 2.84. The summed E-state index contributed by atoms with van der Waals surface area (Å²) in [5, 5.41) is 4.87. The summed E-state index contributed by atoms with van der Waals surface area (Å²) in [5.74, 6) is 1.11. The van der Waals surface area contributed by atoms with Crippen LogP contribution in [0.3, 0.4) is 0 Å². The molecule has 0 aromatic carbocycles. The monoisotopic (exact) mass is 243 g/mol. The molecule has 2 rings (SSSR count). The Balaban J connectivity index is 2.36. The second kappa shape index (κ2) is 3.12. The first-order chi connectivity index (χ1) is 6.12. The second-order valence-electron chi connectivity index (χ2n) is 4.51. The molecular weight excluding hydrogens is 230 g/mol. The average molecular weight is 244 g/mol. The molecule has 1 heterocycles. The molecule has 0 fully saturated rings. The number of aromatic nitrogens is 1. The van der Waals surface area contributed by atoms with Gasteiger partial charge in [-0.15, -0.1) is 0 Å². The highest BCUT2D eigenvalue weighted by Gasteiger charge is 2.30. The van der Waals surface area contributed by atoms with Crippen LogP contribution in [0.25, 0.3) is 0 Å². The van der Waals surface area contributed by atoms with Crippen LogP contribution in [0.5, 0.6) is 0 Å². The highest BCUT2D eigenvalue weighted by atomic mass is 79.9. The predicted octanol–water partition coefficient (Wildman–Crippen LogP) is 3.08. The zero-order chi connectivity index (χ0) is 9.47. The van der Waals surface area contributed by atoms with Crippen LogP contribution in [0, 0.1) is 5.41 Å². The first kappa shape index (κ1) is 9.25. The lowest BCUT2D eigenvalue weighted by Crippen LogP contribution is -2.21. The standard InChI is InChI=1S/C10H14BrNO/c1-10(2)4-3-9-7(5-10)8(6-11)12-13-9/h3-6H2,1-2H3. The summed E-state index contributed by atoms with van der Waals surface area (Å²) < 4.78 is 5.29. The third-order valence-corrected chi connectivity index (χ3v) is 3.29. The molecule has 0 amide bonds. The van der Waals surface area contributed by atoms with Crippen molar-refractivity contribution in [3.8, 4) is 0 Å². The average Bonchev–Trinajstić information content (AvgIpc) is 2.44. The zero-order valence-corrected chi connectivity index (χ0v) is 9.65. The summed E-state index contributed by atoms with van der Waals surface area (Å²) in [7, 11) is 0. The van der Waals surface area contributed by atoms with E-state index in [-0.39, 0.29) is 0 Å². The Morgan fingerprint density at radius 1 is 1.54 bits per heavy atom. The fourth-order valence-corrected chi connectivity index (χ4v) is 2.34. The first-order valence-corrected chi connectivity index (χ1v) is 5.77. The number of fused-ring (bicyclic) bond motifs is 1. The molecule has 0 saturated carbocycles. The fraction of sp³-hybridized carbons (Fsp3) is 0.700. The lowest BCUT2D eigenvalue weighted by Gasteiger charge is -2.28. The van der Waals surface area contributed by atoms with E-state index in [0.717, 1.165) is 29.6 Å². The molecule has 1 aromatic rings. The molecule has 2 nitrogen and oxygen atoms in total. The zero-order valence-electron chi connectivity index (χ0n) is 8.06. The van der Waals surface area contributed by atoms with Crippen molar-refractivity contribution < 1.29 is 4.52 Å². The molecule has 0 unspecified atom stereocenters. The minimum absolute atomic E-state index is 0.412. The molecule has 3 heteroatoms. The molecule has 0 bridgehead atoms. The van der Waals surface area contributed by atoms with E-state index in [1.807, 2.05) is 0 Å². The molecule has 0 spiro atoms. The normalized spacial score (nSPS) is 19.9. The Kier molecular flexibility index (Phi) is 2.22. The van der Waals surface area contributed by atoms with Gasteiger partial charge < -0.3 is 4.52 Å². The summed E-state index contributed by atoms with van der Waals surface area (Å²) in [4.78, 5) is 0. The number of hydrogen-bond acceptors (Lipinski definition) is 2. The number of alkyl halides is 1. The van der Waals surface area contributed by atoms with Crippen LogP contribution >= 0.6 is 15.9 Å². The van der Waals surface area contributed by atoms with E-state index in [4.69, 9.17) is 4.52 Å². The number of nitrogens with zero attached hydrogens (tertiary/aromatic N) is 1. The van der Waals surface area contributed by atoms with Gasteiger partial charge in [0.25, 0.3) is 0 Å². The van der Waals surface area contributed by atoms with Crippen LogP contribution in [0.1, 0.15) is 37.3 Å². The van der Waals surface area contributed by atoms with E-state index in [1.165, 1.54) is 12.0 Å². The van der Waals surface area contributed by atoms with Gasteiger partial charge in [-0.25, -0.2) is 0 Å². The molecule has 0 radical (unpaired) electrons. The molecule has 1 aliphatic carbocycles. The molecule has 1 aliphatic rings. The van der Waals surface area contributed by atoms with Crippen LogP contribution in [0.4, 0.5) is 0 Å². The highest BCUT2D eigenvalue weighted by molar-refractivity contribution is 9.08. The van der Waals surface area contributed by atoms with E-state index < -0.39 is 0 Å². The van der Waals surface area contributed by atoms with Gasteiger partial charge in [0.2, 0.25) is 0 Å². The summed E-state index contributed by atoms with van der Waals surface area (Å²) in [6.07, 6.45) is 3.35. The van der Waals surface area contributed by atoms with Crippen molar-refractivity contribution in [2.45, 2.75) is 38.4 Å². The van der Waals surface area contributed by atoms with Crippen LogP contribution in [0.2, 0.25) is 0 Å². The molecule has 0 atom stereocenters. The molecule has 13 heavy (non-hydrogen) atoms.